The van der Waals surface area contributed by atoms with Gasteiger partial charge in [-0.15, -0.1) is 0 Å². The van der Waals surface area contributed by atoms with Gasteiger partial charge in [0.15, 0.2) is 0 Å². The van der Waals surface area contributed by atoms with Crippen molar-refractivity contribution in [2.24, 2.45) is 5.92 Å². The maximum atomic E-state index is 12.3. The van der Waals surface area contributed by atoms with Gasteiger partial charge < -0.3 is 10.2 Å². The largest absolute Gasteiger partial charge is 0.345 e. The SMILES string of the molecule is CCC(C)C1C(=O)NCC(=O)N1Cc1cc(C)ccc1C. The van der Waals surface area contributed by atoms with Crippen LogP contribution in [0, 0.1) is 19.8 Å². The highest BCUT2D eigenvalue weighted by Crippen LogP contribution is 2.22. The lowest BCUT2D eigenvalue weighted by Gasteiger charge is -2.38. The normalized spacial score (nSPS) is 20.4. The predicted octanol–water partition coefficient (Wildman–Crippen LogP) is 2.18. The molecule has 0 aromatic heterocycles. The number of nitrogens with one attached hydrogen (secondary N) is 1. The molecule has 2 atom stereocenters. The Hall–Kier alpha value is -1.84. The zero-order valence-corrected chi connectivity index (χ0v) is 13.3. The van der Waals surface area contributed by atoms with Crippen molar-refractivity contribution in [3.8, 4) is 0 Å². The van der Waals surface area contributed by atoms with Crippen molar-refractivity contribution in [2.75, 3.05) is 6.54 Å². The van der Waals surface area contributed by atoms with Gasteiger partial charge in [0.25, 0.3) is 0 Å². The first kappa shape index (κ1) is 15.5. The monoisotopic (exact) mass is 288 g/mol. The molecular weight excluding hydrogens is 264 g/mol. The zero-order chi connectivity index (χ0) is 15.6. The summed E-state index contributed by atoms with van der Waals surface area (Å²) in [7, 11) is 0. The maximum absolute atomic E-state index is 12.3. The summed E-state index contributed by atoms with van der Waals surface area (Å²) in [4.78, 5) is 26.2. The van der Waals surface area contributed by atoms with Gasteiger partial charge in [0.2, 0.25) is 11.8 Å². The molecule has 1 aromatic carbocycles. The predicted molar refractivity (Wildman–Crippen MR) is 82.7 cm³/mol. The molecule has 2 amide bonds. The van der Waals surface area contributed by atoms with Gasteiger partial charge in [0, 0.05) is 6.54 Å². The first-order valence-electron chi connectivity index (χ1n) is 7.57. The van der Waals surface area contributed by atoms with Crippen molar-refractivity contribution >= 4 is 11.8 Å². The molecule has 4 nitrogen and oxygen atoms in total. The third kappa shape index (κ3) is 3.26. The molecule has 0 aliphatic carbocycles. The summed E-state index contributed by atoms with van der Waals surface area (Å²) in [6.07, 6.45) is 0.870. The van der Waals surface area contributed by atoms with Crippen LogP contribution in [0.3, 0.4) is 0 Å². The van der Waals surface area contributed by atoms with Crippen LogP contribution in [0.2, 0.25) is 0 Å². The maximum Gasteiger partial charge on any atom is 0.243 e. The summed E-state index contributed by atoms with van der Waals surface area (Å²) in [5.41, 5.74) is 3.44. The number of carbonyl (C=O) groups is 2. The molecule has 0 spiro atoms. The third-order valence-electron chi connectivity index (χ3n) is 4.37. The fraction of sp³-hybridized carbons (Fsp3) is 0.529. The molecule has 0 bridgehead atoms. The highest BCUT2D eigenvalue weighted by Gasteiger charge is 2.37. The number of benzene rings is 1. The van der Waals surface area contributed by atoms with Crippen LogP contribution < -0.4 is 5.32 Å². The van der Waals surface area contributed by atoms with E-state index in [1.165, 1.54) is 5.56 Å². The fourth-order valence-corrected chi connectivity index (χ4v) is 2.80. The van der Waals surface area contributed by atoms with Crippen LogP contribution in [0.4, 0.5) is 0 Å². The highest BCUT2D eigenvalue weighted by molar-refractivity contribution is 5.95. The molecule has 1 saturated heterocycles. The van der Waals surface area contributed by atoms with Gasteiger partial charge in [-0.25, -0.2) is 0 Å². The van der Waals surface area contributed by atoms with Crippen molar-refractivity contribution in [1.29, 1.82) is 0 Å². The number of rotatable bonds is 4. The minimum Gasteiger partial charge on any atom is -0.345 e. The van der Waals surface area contributed by atoms with E-state index in [4.69, 9.17) is 0 Å². The minimum atomic E-state index is -0.365. The summed E-state index contributed by atoms with van der Waals surface area (Å²) in [6.45, 7) is 8.78. The smallest absolute Gasteiger partial charge is 0.243 e. The lowest BCUT2D eigenvalue weighted by Crippen LogP contribution is -2.60. The Bertz CT molecular complexity index is 554. The van der Waals surface area contributed by atoms with E-state index in [2.05, 4.69) is 23.5 Å². The van der Waals surface area contributed by atoms with E-state index >= 15 is 0 Å². The summed E-state index contributed by atoms with van der Waals surface area (Å²) in [5.74, 6) is 0.120. The van der Waals surface area contributed by atoms with E-state index < -0.39 is 0 Å². The summed E-state index contributed by atoms with van der Waals surface area (Å²) in [6, 6.07) is 5.87. The lowest BCUT2D eigenvalue weighted by molar-refractivity contribution is -0.148. The fourth-order valence-electron chi connectivity index (χ4n) is 2.80. The second-order valence-electron chi connectivity index (χ2n) is 6.00. The number of hydrogen-bond acceptors (Lipinski definition) is 2. The van der Waals surface area contributed by atoms with Crippen molar-refractivity contribution in [3.05, 3.63) is 34.9 Å². The second-order valence-corrected chi connectivity index (χ2v) is 6.00. The topological polar surface area (TPSA) is 49.4 Å². The van der Waals surface area contributed by atoms with Gasteiger partial charge in [-0.1, -0.05) is 44.0 Å². The molecule has 1 aliphatic heterocycles. The summed E-state index contributed by atoms with van der Waals surface area (Å²) >= 11 is 0. The quantitative estimate of drug-likeness (QED) is 0.923. The standard InChI is InChI=1S/C17H24N2O2/c1-5-12(3)16-17(21)18-9-15(20)19(16)10-14-8-11(2)6-7-13(14)4/h6-8,12,16H,5,9-10H2,1-4H3,(H,18,21). The number of amides is 2. The van der Waals surface area contributed by atoms with Crippen molar-refractivity contribution in [1.82, 2.24) is 10.2 Å². The molecule has 0 saturated carbocycles. The zero-order valence-electron chi connectivity index (χ0n) is 13.3. The van der Waals surface area contributed by atoms with Gasteiger partial charge >= 0.3 is 0 Å². The lowest BCUT2D eigenvalue weighted by atomic mass is 9.94. The average Bonchev–Trinajstić information content (AvgIpc) is 2.46. The Labute approximate surface area is 126 Å². The molecule has 2 unspecified atom stereocenters. The Balaban J connectivity index is 2.30. The number of nitrogens with zero attached hydrogens (tertiary/aromatic N) is 1. The van der Waals surface area contributed by atoms with Crippen LogP contribution in [0.1, 0.15) is 37.0 Å². The van der Waals surface area contributed by atoms with Crippen LogP contribution in [0.25, 0.3) is 0 Å². The summed E-state index contributed by atoms with van der Waals surface area (Å²) < 4.78 is 0. The Morgan fingerprint density at radius 1 is 1.33 bits per heavy atom. The average molecular weight is 288 g/mol. The molecule has 1 aliphatic rings. The Morgan fingerprint density at radius 2 is 2.05 bits per heavy atom. The van der Waals surface area contributed by atoms with Crippen LogP contribution in [-0.2, 0) is 16.1 Å². The molecular formula is C17H24N2O2. The van der Waals surface area contributed by atoms with Crippen molar-refractivity contribution in [3.63, 3.8) is 0 Å². The van der Waals surface area contributed by atoms with Crippen LogP contribution in [0.5, 0.6) is 0 Å². The molecule has 0 radical (unpaired) electrons. The van der Waals surface area contributed by atoms with E-state index in [0.717, 1.165) is 17.5 Å². The van der Waals surface area contributed by atoms with E-state index in [1.54, 1.807) is 4.90 Å². The first-order chi connectivity index (χ1) is 9.93. The van der Waals surface area contributed by atoms with Crippen LogP contribution in [-0.4, -0.2) is 29.3 Å². The minimum absolute atomic E-state index is 0.000746. The van der Waals surface area contributed by atoms with Gasteiger partial charge in [0.05, 0.1) is 6.54 Å². The first-order valence-corrected chi connectivity index (χ1v) is 7.57. The summed E-state index contributed by atoms with van der Waals surface area (Å²) in [5, 5.41) is 2.71. The van der Waals surface area contributed by atoms with Crippen molar-refractivity contribution < 1.29 is 9.59 Å². The van der Waals surface area contributed by atoms with E-state index in [1.807, 2.05) is 27.7 Å². The molecule has 4 heteroatoms. The Kier molecular flexibility index (Phi) is 4.66. The number of hydrogen-bond donors (Lipinski definition) is 1. The Morgan fingerprint density at radius 3 is 2.71 bits per heavy atom. The van der Waals surface area contributed by atoms with E-state index in [9.17, 15) is 9.59 Å². The molecule has 21 heavy (non-hydrogen) atoms. The van der Waals surface area contributed by atoms with Crippen molar-refractivity contribution in [2.45, 2.75) is 46.7 Å². The van der Waals surface area contributed by atoms with E-state index in [0.29, 0.717) is 6.54 Å². The second kappa shape index (κ2) is 6.29. The molecule has 1 fully saturated rings. The van der Waals surface area contributed by atoms with Gasteiger partial charge in [-0.2, -0.15) is 0 Å². The van der Waals surface area contributed by atoms with Gasteiger partial charge in [-0.05, 0) is 30.9 Å². The molecule has 1 aromatic rings. The van der Waals surface area contributed by atoms with E-state index in [-0.39, 0.29) is 30.3 Å². The molecule has 1 heterocycles. The molecule has 1 N–H and O–H groups in total. The van der Waals surface area contributed by atoms with Crippen LogP contribution in [0.15, 0.2) is 18.2 Å². The number of carbonyl (C=O) groups excluding carboxylic acids is 2. The number of aryl methyl sites for hydroxylation is 2. The van der Waals surface area contributed by atoms with Gasteiger partial charge in [0.1, 0.15) is 6.04 Å². The molecule has 114 valence electrons. The number of piperazine rings is 1. The third-order valence-corrected chi connectivity index (χ3v) is 4.37. The highest BCUT2D eigenvalue weighted by atomic mass is 16.2. The van der Waals surface area contributed by atoms with Gasteiger partial charge in [-0.3, -0.25) is 9.59 Å². The van der Waals surface area contributed by atoms with Crippen LogP contribution >= 0.6 is 0 Å². The molecule has 2 rings (SSSR count).